The molecule has 1 saturated carbocycles. The molecule has 0 N–H and O–H groups in total. The molecule has 154 valence electrons. The summed E-state index contributed by atoms with van der Waals surface area (Å²) in [5.41, 5.74) is 1.07. The molecule has 0 amide bonds. The smallest absolute Gasteiger partial charge is 0.318 e. The second-order valence-electron chi connectivity index (χ2n) is 7.94. The number of fused-ring (bicyclic) bond motifs is 2. The molecule has 1 aliphatic carbocycles. The van der Waals surface area contributed by atoms with Crippen LogP contribution in [0.4, 0.5) is 0 Å². The van der Waals surface area contributed by atoms with Gasteiger partial charge in [-0.05, 0) is 58.7 Å². The molecule has 1 heterocycles. The Kier molecular flexibility index (Phi) is 4.99. The van der Waals surface area contributed by atoms with Crippen LogP contribution in [0.5, 0.6) is 0 Å². The summed E-state index contributed by atoms with van der Waals surface area (Å²) in [6, 6.07) is 24.4. The van der Waals surface area contributed by atoms with Crippen LogP contribution in [0.15, 0.2) is 78.9 Å². The van der Waals surface area contributed by atoms with Crippen LogP contribution in [0.2, 0.25) is 5.15 Å². The van der Waals surface area contributed by atoms with Gasteiger partial charge in [0.25, 0.3) is 0 Å². The Bertz CT molecular complexity index is 1280. The van der Waals surface area contributed by atoms with Crippen LogP contribution in [0, 0.1) is 5.92 Å². The van der Waals surface area contributed by atoms with Crippen molar-refractivity contribution in [1.29, 1.82) is 0 Å². The van der Waals surface area contributed by atoms with Gasteiger partial charge in [0.2, 0.25) is 0 Å². The summed E-state index contributed by atoms with van der Waals surface area (Å²) >= 11 is 6.13. The fraction of sp³-hybridized carbons (Fsp3) is 0.185. The van der Waals surface area contributed by atoms with Gasteiger partial charge >= 0.3 is 5.97 Å². The van der Waals surface area contributed by atoms with Crippen LogP contribution in [0.1, 0.15) is 24.6 Å². The molecule has 1 aliphatic rings. The van der Waals surface area contributed by atoms with Crippen molar-refractivity contribution in [3.05, 3.63) is 95.3 Å². The number of rotatable bonds is 5. The first-order valence-corrected chi connectivity index (χ1v) is 10.9. The Hall–Kier alpha value is -3.17. The number of hydrogen-bond acceptors (Lipinski definition) is 3. The van der Waals surface area contributed by atoms with E-state index in [-0.39, 0.29) is 11.9 Å². The SMILES string of the molecule is CCOC(=O)C1(c2cccc(Cl)n2)CC1/C=C/c1c2ccccc2cc2ccccc12. The number of allylic oxidation sites excluding steroid dienone is 1. The standard InChI is InChI=1S/C27H22ClNO2/c1-2-31-26(30)27(24-12-7-13-25(28)29-24)17-20(27)14-15-23-21-10-5-3-8-18(21)16-19-9-4-6-11-22(19)23/h3-16,20H,2,17H2,1H3/b15-14+. The molecule has 0 bridgehead atoms. The quantitative estimate of drug-likeness (QED) is 0.205. The largest absolute Gasteiger partial charge is 0.465 e. The highest BCUT2D eigenvalue weighted by molar-refractivity contribution is 6.29. The van der Waals surface area contributed by atoms with Gasteiger partial charge in [0.15, 0.2) is 0 Å². The summed E-state index contributed by atoms with van der Waals surface area (Å²) in [6.07, 6.45) is 4.95. The van der Waals surface area contributed by atoms with Crippen molar-refractivity contribution in [3.63, 3.8) is 0 Å². The summed E-state index contributed by atoms with van der Waals surface area (Å²) in [5.74, 6) is -0.225. The van der Waals surface area contributed by atoms with Crippen molar-refractivity contribution in [1.82, 2.24) is 4.98 Å². The Morgan fingerprint density at radius 1 is 1.06 bits per heavy atom. The first-order chi connectivity index (χ1) is 15.1. The van der Waals surface area contributed by atoms with E-state index < -0.39 is 5.41 Å². The molecule has 2 unspecified atom stereocenters. The van der Waals surface area contributed by atoms with Crippen molar-refractivity contribution in [2.75, 3.05) is 6.61 Å². The van der Waals surface area contributed by atoms with E-state index in [1.54, 1.807) is 6.07 Å². The maximum atomic E-state index is 12.9. The van der Waals surface area contributed by atoms with E-state index in [2.05, 4.69) is 71.7 Å². The molecule has 1 aromatic heterocycles. The molecule has 2 atom stereocenters. The highest BCUT2D eigenvalue weighted by atomic mass is 35.5. The van der Waals surface area contributed by atoms with Gasteiger partial charge in [0, 0.05) is 5.92 Å². The van der Waals surface area contributed by atoms with Gasteiger partial charge in [-0.2, -0.15) is 0 Å². The van der Waals surface area contributed by atoms with Crippen molar-refractivity contribution >= 4 is 45.2 Å². The van der Waals surface area contributed by atoms with Crippen molar-refractivity contribution in [3.8, 4) is 0 Å². The average Bonchev–Trinajstić information content (AvgIpc) is 3.52. The highest BCUT2D eigenvalue weighted by Gasteiger charge is 2.62. The van der Waals surface area contributed by atoms with E-state index in [1.807, 2.05) is 19.1 Å². The van der Waals surface area contributed by atoms with Gasteiger partial charge in [-0.15, -0.1) is 0 Å². The maximum Gasteiger partial charge on any atom is 0.318 e. The molecule has 1 fully saturated rings. The molecule has 0 spiro atoms. The second-order valence-corrected chi connectivity index (χ2v) is 8.33. The minimum Gasteiger partial charge on any atom is -0.465 e. The Balaban J connectivity index is 1.59. The van der Waals surface area contributed by atoms with E-state index in [1.165, 1.54) is 21.5 Å². The van der Waals surface area contributed by atoms with Crippen molar-refractivity contribution < 1.29 is 9.53 Å². The molecule has 0 saturated heterocycles. The number of aromatic nitrogens is 1. The van der Waals surface area contributed by atoms with Gasteiger partial charge in [0.1, 0.15) is 10.6 Å². The first-order valence-electron chi connectivity index (χ1n) is 10.5. The zero-order chi connectivity index (χ0) is 21.4. The zero-order valence-electron chi connectivity index (χ0n) is 17.2. The van der Waals surface area contributed by atoms with Crippen LogP contribution in [-0.2, 0) is 14.9 Å². The van der Waals surface area contributed by atoms with Crippen molar-refractivity contribution in [2.45, 2.75) is 18.8 Å². The number of hydrogen-bond donors (Lipinski definition) is 0. The minimum absolute atomic E-state index is 0.00949. The van der Waals surface area contributed by atoms with Gasteiger partial charge in [-0.1, -0.05) is 78.4 Å². The van der Waals surface area contributed by atoms with E-state index in [9.17, 15) is 4.79 Å². The minimum atomic E-state index is -0.766. The lowest BCUT2D eigenvalue weighted by molar-refractivity contribution is -0.146. The van der Waals surface area contributed by atoms with E-state index >= 15 is 0 Å². The molecule has 31 heavy (non-hydrogen) atoms. The zero-order valence-corrected chi connectivity index (χ0v) is 18.0. The normalized spacial score (nSPS) is 20.4. The molecule has 5 rings (SSSR count). The third-order valence-electron chi connectivity index (χ3n) is 6.13. The van der Waals surface area contributed by atoms with E-state index in [0.717, 1.165) is 5.56 Å². The molecule has 3 nitrogen and oxygen atoms in total. The average molecular weight is 428 g/mol. The summed E-state index contributed by atoms with van der Waals surface area (Å²) in [4.78, 5) is 17.4. The van der Waals surface area contributed by atoms with Gasteiger partial charge < -0.3 is 4.74 Å². The van der Waals surface area contributed by atoms with E-state index in [0.29, 0.717) is 23.9 Å². The molecular formula is C27H22ClNO2. The third kappa shape index (κ3) is 3.39. The van der Waals surface area contributed by atoms with Crippen LogP contribution in [0.3, 0.4) is 0 Å². The van der Waals surface area contributed by atoms with Crippen LogP contribution >= 0.6 is 11.6 Å². The lowest BCUT2D eigenvalue weighted by Gasteiger charge is -2.15. The monoisotopic (exact) mass is 427 g/mol. The molecule has 0 aliphatic heterocycles. The number of carbonyl (C=O) groups is 1. The number of benzene rings is 3. The summed E-state index contributed by atoms with van der Waals surface area (Å²) in [5, 5.41) is 5.17. The Morgan fingerprint density at radius 3 is 2.39 bits per heavy atom. The molecule has 4 heteroatoms. The van der Waals surface area contributed by atoms with Gasteiger partial charge in [-0.25, -0.2) is 4.98 Å². The first kappa shape index (κ1) is 19.8. The predicted molar refractivity (Wildman–Crippen MR) is 126 cm³/mol. The third-order valence-corrected chi connectivity index (χ3v) is 6.35. The van der Waals surface area contributed by atoms with E-state index in [4.69, 9.17) is 16.3 Å². The Labute approximate surface area is 186 Å². The van der Waals surface area contributed by atoms with Crippen LogP contribution in [-0.4, -0.2) is 17.6 Å². The fourth-order valence-electron chi connectivity index (χ4n) is 4.51. The summed E-state index contributed by atoms with van der Waals surface area (Å²) < 4.78 is 5.43. The fourth-order valence-corrected chi connectivity index (χ4v) is 4.68. The van der Waals surface area contributed by atoms with Crippen molar-refractivity contribution in [2.24, 2.45) is 5.92 Å². The molecular weight excluding hydrogens is 406 g/mol. The predicted octanol–water partition coefficient (Wildman–Crippen LogP) is 6.58. The number of nitrogens with zero attached hydrogens (tertiary/aromatic N) is 1. The number of pyridine rings is 1. The molecule has 3 aromatic carbocycles. The Morgan fingerprint density at radius 2 is 1.74 bits per heavy atom. The number of esters is 1. The number of ether oxygens (including phenoxy) is 1. The summed E-state index contributed by atoms with van der Waals surface area (Å²) in [7, 11) is 0. The topological polar surface area (TPSA) is 39.2 Å². The number of carbonyl (C=O) groups excluding carboxylic acids is 1. The maximum absolute atomic E-state index is 12.9. The molecule has 0 radical (unpaired) electrons. The van der Waals surface area contributed by atoms with Gasteiger partial charge in [-0.3, -0.25) is 4.79 Å². The van der Waals surface area contributed by atoms with Crippen LogP contribution in [0.25, 0.3) is 27.6 Å². The van der Waals surface area contributed by atoms with Gasteiger partial charge in [0.05, 0.1) is 12.3 Å². The lowest BCUT2D eigenvalue weighted by Crippen LogP contribution is -2.26. The summed E-state index contributed by atoms with van der Waals surface area (Å²) in [6.45, 7) is 2.16. The van der Waals surface area contributed by atoms with Crippen LogP contribution < -0.4 is 0 Å². The highest BCUT2D eigenvalue weighted by Crippen LogP contribution is 2.56. The second kappa shape index (κ2) is 7.82. The number of halogens is 1. The lowest BCUT2D eigenvalue weighted by atomic mass is 9.94. The molecule has 4 aromatic rings.